The summed E-state index contributed by atoms with van der Waals surface area (Å²) in [4.78, 5) is -0.0693. The molecule has 0 N–H and O–H groups in total. The third-order valence-electron chi connectivity index (χ3n) is 6.59. The van der Waals surface area contributed by atoms with Crippen molar-refractivity contribution >= 4 is 20.2 Å². The molecule has 0 unspecified atom stereocenters. The van der Waals surface area contributed by atoms with Crippen LogP contribution in [0.3, 0.4) is 0 Å². The van der Waals surface area contributed by atoms with Crippen LogP contribution in [0.15, 0.2) is 107 Å². The van der Waals surface area contributed by atoms with E-state index in [1.807, 2.05) is 55.5 Å². The molecule has 4 aromatic rings. The molecule has 0 aromatic heterocycles. The minimum Gasteiger partial charge on any atom is -0.379 e. The van der Waals surface area contributed by atoms with Crippen molar-refractivity contribution in [3.8, 4) is 5.75 Å². The quantitative estimate of drug-likeness (QED) is 0.199. The predicted molar refractivity (Wildman–Crippen MR) is 161 cm³/mol. The second kappa shape index (κ2) is 12.1. The van der Waals surface area contributed by atoms with E-state index in [9.17, 15) is 16.8 Å². The molecule has 0 amide bonds. The van der Waals surface area contributed by atoms with Crippen LogP contribution in [0, 0.1) is 14.1 Å². The first-order valence-corrected chi connectivity index (χ1v) is 19.3. The van der Waals surface area contributed by atoms with Gasteiger partial charge in [0.1, 0.15) is 10.6 Å². The lowest BCUT2D eigenvalue weighted by molar-refractivity contribution is -1.03. The van der Waals surface area contributed by atoms with Gasteiger partial charge >= 0.3 is 40.5 Å². The van der Waals surface area contributed by atoms with Crippen LogP contribution in [0.2, 0.25) is 0 Å². The zero-order chi connectivity index (χ0) is 30.9. The molecule has 0 aliphatic rings. The Morgan fingerprint density at radius 2 is 0.905 bits per heavy atom. The summed E-state index contributed by atoms with van der Waals surface area (Å²) in [5.74, 6) is 0.000394. The number of hydrogen-bond donors (Lipinski definition) is 0. The lowest BCUT2D eigenvalue weighted by Gasteiger charge is -2.19. The summed E-state index contributed by atoms with van der Waals surface area (Å²) >= 11 is -2.93. The van der Waals surface area contributed by atoms with Crippen LogP contribution >= 0.6 is 0 Å². The van der Waals surface area contributed by atoms with Crippen LogP contribution in [0.1, 0.15) is 58.2 Å². The zero-order valence-corrected chi connectivity index (χ0v) is 28.7. The van der Waals surface area contributed by atoms with Gasteiger partial charge in [0.15, 0.2) is 7.14 Å². The van der Waals surface area contributed by atoms with Crippen molar-refractivity contribution in [1.29, 1.82) is 0 Å². The molecule has 9 heteroatoms. The fourth-order valence-corrected chi connectivity index (χ4v) is 11.8. The molecule has 0 atom stereocenters. The minimum absolute atomic E-state index is 0.000394. The van der Waals surface area contributed by atoms with E-state index in [1.54, 1.807) is 12.1 Å². The highest BCUT2D eigenvalue weighted by atomic mass is 127. The first kappa shape index (κ1) is 32.2. The molecule has 0 heterocycles. The van der Waals surface area contributed by atoms with Crippen molar-refractivity contribution in [2.24, 2.45) is 0 Å². The Bertz CT molecular complexity index is 1670. The SMILES string of the molecule is Cc1ccc(S(=O)(=O)Oc2ccc(S(=O)(=O)O[I+](c3ccc(C(C)(C)C)cc3)c3ccc(C(C)(C)C)cc3)cc2)cc1. The van der Waals surface area contributed by atoms with Crippen molar-refractivity contribution in [2.75, 3.05) is 0 Å². The Hall–Kier alpha value is -2.73. The average Bonchev–Trinajstić information content (AvgIpc) is 2.91. The van der Waals surface area contributed by atoms with Gasteiger partial charge in [0.2, 0.25) is 0 Å². The van der Waals surface area contributed by atoms with Gasteiger partial charge < -0.3 is 4.18 Å². The Balaban J connectivity index is 1.63. The van der Waals surface area contributed by atoms with E-state index in [4.69, 9.17) is 6.70 Å². The molecule has 0 saturated carbocycles. The van der Waals surface area contributed by atoms with Gasteiger partial charge in [0, 0.05) is 0 Å². The molecule has 0 bridgehead atoms. The van der Waals surface area contributed by atoms with E-state index in [0.29, 0.717) is 0 Å². The molecule has 0 fully saturated rings. The molecule has 0 spiro atoms. The van der Waals surface area contributed by atoms with E-state index in [0.717, 1.165) is 23.8 Å². The Morgan fingerprint density at radius 3 is 1.31 bits per heavy atom. The number of halogens is 1. The molecule has 4 aromatic carbocycles. The maximum atomic E-state index is 13.5. The molecular formula is C33H37IO6S2+. The smallest absolute Gasteiger partial charge is 0.339 e. The van der Waals surface area contributed by atoms with Gasteiger partial charge in [0.05, 0.1) is 4.90 Å². The highest BCUT2D eigenvalue weighted by Gasteiger charge is 2.38. The van der Waals surface area contributed by atoms with Gasteiger partial charge in [-0.15, -0.1) is 0 Å². The summed E-state index contributed by atoms with van der Waals surface area (Å²) in [6.07, 6.45) is 0. The first-order valence-electron chi connectivity index (χ1n) is 13.4. The fourth-order valence-electron chi connectivity index (χ4n) is 3.99. The van der Waals surface area contributed by atoms with E-state index in [2.05, 4.69) is 41.5 Å². The topological polar surface area (TPSA) is 86.7 Å². The third kappa shape index (κ3) is 7.80. The maximum Gasteiger partial charge on any atom is 0.339 e. The average molecular weight is 721 g/mol. The van der Waals surface area contributed by atoms with Gasteiger partial charge in [-0.25, -0.2) is 0 Å². The van der Waals surface area contributed by atoms with Gasteiger partial charge in [-0.2, -0.15) is 16.8 Å². The molecule has 0 saturated heterocycles. The first-order chi connectivity index (χ1) is 19.5. The normalized spacial score (nSPS) is 12.9. The summed E-state index contributed by atoms with van der Waals surface area (Å²) in [6, 6.07) is 27.5. The second-order valence-corrected chi connectivity index (χ2v) is 20.1. The molecule has 4 rings (SSSR count). The van der Waals surface area contributed by atoms with Gasteiger partial charge in [-0.05, 0) is 92.1 Å². The fraction of sp³-hybridized carbons (Fsp3) is 0.273. The van der Waals surface area contributed by atoms with Gasteiger partial charge in [-0.3, -0.25) is 0 Å². The van der Waals surface area contributed by atoms with Crippen LogP contribution in [0.4, 0.5) is 0 Å². The van der Waals surface area contributed by atoms with Gasteiger partial charge in [-0.1, -0.05) is 83.5 Å². The molecule has 42 heavy (non-hydrogen) atoms. The van der Waals surface area contributed by atoms with Crippen molar-refractivity contribution in [2.45, 2.75) is 69.1 Å². The van der Waals surface area contributed by atoms with Crippen molar-refractivity contribution in [1.82, 2.24) is 0 Å². The lowest BCUT2D eigenvalue weighted by Crippen LogP contribution is -3.85. The molecule has 6 nitrogen and oxygen atoms in total. The molecule has 0 aliphatic carbocycles. The molecule has 223 valence electrons. The summed E-state index contributed by atoms with van der Waals surface area (Å²) < 4.78 is 65.4. The van der Waals surface area contributed by atoms with E-state index >= 15 is 0 Å². The number of aryl methyl sites for hydroxylation is 1. The summed E-state index contributed by atoms with van der Waals surface area (Å²) in [7, 11) is -8.26. The molecular weight excluding hydrogens is 683 g/mol. The number of rotatable bonds is 8. The van der Waals surface area contributed by atoms with Gasteiger partial charge in [0.25, 0.3) is 0 Å². The maximum absolute atomic E-state index is 13.5. The largest absolute Gasteiger partial charge is 0.379 e. The Morgan fingerprint density at radius 1 is 0.524 bits per heavy atom. The summed E-state index contributed by atoms with van der Waals surface area (Å²) in [5, 5.41) is 0. The van der Waals surface area contributed by atoms with Crippen LogP contribution in [-0.4, -0.2) is 16.8 Å². The van der Waals surface area contributed by atoms with Crippen molar-refractivity contribution < 1.29 is 43.8 Å². The van der Waals surface area contributed by atoms with Crippen LogP contribution in [-0.2, 0) is 33.6 Å². The van der Waals surface area contributed by atoms with Crippen LogP contribution in [0.5, 0.6) is 5.75 Å². The zero-order valence-electron chi connectivity index (χ0n) is 24.9. The number of benzene rings is 4. The van der Waals surface area contributed by atoms with E-state index in [1.165, 1.54) is 36.4 Å². The van der Waals surface area contributed by atoms with Crippen LogP contribution in [0.25, 0.3) is 0 Å². The standard InChI is InChI=1S/C33H37IO6S2/c1-24-8-20-30(21-9-24)41(35,36)39-29-18-22-31(23-19-29)42(37,38)40-34(27-14-10-25(11-15-27)32(2,3)4)28-16-12-26(13-17-28)33(5,6)7/h8-23H,1-7H3/q+1. The minimum atomic E-state index is -4.19. The Kier molecular flexibility index (Phi) is 9.28. The molecule has 0 aliphatic heterocycles. The molecule has 1 radical (unpaired) electrons. The summed E-state index contributed by atoms with van der Waals surface area (Å²) in [5.41, 5.74) is 3.11. The highest BCUT2D eigenvalue weighted by Crippen LogP contribution is 2.23. The summed E-state index contributed by atoms with van der Waals surface area (Å²) in [6.45, 7) is 14.6. The third-order valence-corrected chi connectivity index (χ3v) is 15.2. The van der Waals surface area contributed by atoms with Crippen molar-refractivity contribution in [3.63, 3.8) is 0 Å². The van der Waals surface area contributed by atoms with E-state index < -0.39 is 40.5 Å². The number of hydrogen-bond acceptors (Lipinski definition) is 6. The monoisotopic (exact) mass is 720 g/mol. The van der Waals surface area contributed by atoms with E-state index in [-0.39, 0.29) is 26.4 Å². The predicted octanol–water partition coefficient (Wildman–Crippen LogP) is 4.34. The van der Waals surface area contributed by atoms with Crippen LogP contribution < -0.4 is 24.4 Å². The Labute approximate surface area is 258 Å². The highest BCUT2D eigenvalue weighted by molar-refractivity contribution is 7.87. The van der Waals surface area contributed by atoms with Crippen molar-refractivity contribution in [3.05, 3.63) is 121 Å². The second-order valence-electron chi connectivity index (χ2n) is 12.1. The lowest BCUT2D eigenvalue weighted by atomic mass is 9.87.